The second-order valence-corrected chi connectivity index (χ2v) is 6.33. The lowest BCUT2D eigenvalue weighted by Crippen LogP contribution is -2.23. The van der Waals surface area contributed by atoms with Crippen molar-refractivity contribution in [2.75, 3.05) is 0 Å². The number of halogens is 1. The van der Waals surface area contributed by atoms with E-state index in [9.17, 15) is 9.90 Å². The Bertz CT molecular complexity index is 1010. The van der Waals surface area contributed by atoms with Crippen molar-refractivity contribution >= 4 is 11.6 Å². The summed E-state index contributed by atoms with van der Waals surface area (Å²) in [6.07, 6.45) is 0.775. The first kappa shape index (κ1) is 18.0. The third-order valence-corrected chi connectivity index (χ3v) is 4.50. The Morgan fingerprint density at radius 1 is 1.27 bits per heavy atom. The SMILES string of the molecule is CCc1cccc(-n2nnn(C)c2=O)c1COc1cc(Cl)c(O)cc1C. The molecule has 0 spiro atoms. The van der Waals surface area contributed by atoms with Gasteiger partial charge in [-0.1, -0.05) is 30.7 Å². The Morgan fingerprint density at radius 3 is 2.69 bits per heavy atom. The first-order chi connectivity index (χ1) is 12.4. The topological polar surface area (TPSA) is 82.2 Å². The number of rotatable bonds is 5. The highest BCUT2D eigenvalue weighted by Gasteiger charge is 2.15. The molecule has 3 rings (SSSR count). The van der Waals surface area contributed by atoms with Crippen molar-refractivity contribution in [2.45, 2.75) is 26.9 Å². The molecule has 7 nitrogen and oxygen atoms in total. The molecular weight excluding hydrogens is 356 g/mol. The van der Waals surface area contributed by atoms with Gasteiger partial charge in [0, 0.05) is 18.7 Å². The number of aromatic hydroxyl groups is 1. The van der Waals surface area contributed by atoms with Crippen molar-refractivity contribution in [3.8, 4) is 17.2 Å². The molecule has 0 saturated heterocycles. The van der Waals surface area contributed by atoms with E-state index in [0.717, 1.165) is 23.1 Å². The molecule has 0 atom stereocenters. The highest BCUT2D eigenvalue weighted by Crippen LogP contribution is 2.32. The molecule has 0 saturated carbocycles. The van der Waals surface area contributed by atoms with Gasteiger partial charge in [-0.05, 0) is 47.0 Å². The lowest BCUT2D eigenvalue weighted by Gasteiger charge is -2.15. The number of phenolic OH excluding ortho intramolecular Hbond substituents is 1. The first-order valence-electron chi connectivity index (χ1n) is 8.14. The summed E-state index contributed by atoms with van der Waals surface area (Å²) in [6, 6.07) is 8.80. The predicted octanol–water partition coefficient (Wildman–Crippen LogP) is 2.77. The van der Waals surface area contributed by atoms with Gasteiger partial charge in [-0.25, -0.2) is 4.79 Å². The summed E-state index contributed by atoms with van der Waals surface area (Å²) in [5, 5.41) is 17.6. The Labute approximate surface area is 155 Å². The number of benzene rings is 2. The molecule has 0 bridgehead atoms. The molecule has 0 aliphatic rings. The van der Waals surface area contributed by atoms with Gasteiger partial charge in [-0.3, -0.25) is 0 Å². The molecule has 1 heterocycles. The predicted molar refractivity (Wildman–Crippen MR) is 98.2 cm³/mol. The van der Waals surface area contributed by atoms with Crippen LogP contribution >= 0.6 is 11.6 Å². The number of hydrogen-bond donors (Lipinski definition) is 1. The van der Waals surface area contributed by atoms with E-state index in [0.29, 0.717) is 11.4 Å². The van der Waals surface area contributed by atoms with Gasteiger partial charge in [0.15, 0.2) is 0 Å². The van der Waals surface area contributed by atoms with Crippen molar-refractivity contribution in [1.29, 1.82) is 0 Å². The number of aromatic nitrogens is 4. The van der Waals surface area contributed by atoms with Crippen LogP contribution in [-0.4, -0.2) is 24.9 Å². The molecule has 0 aliphatic heterocycles. The van der Waals surface area contributed by atoms with Gasteiger partial charge in [0.1, 0.15) is 18.1 Å². The summed E-state index contributed by atoms with van der Waals surface area (Å²) >= 11 is 5.98. The molecule has 1 aromatic heterocycles. The van der Waals surface area contributed by atoms with E-state index in [1.165, 1.54) is 9.36 Å². The third-order valence-electron chi connectivity index (χ3n) is 4.20. The molecule has 0 radical (unpaired) electrons. The van der Waals surface area contributed by atoms with Crippen molar-refractivity contribution in [2.24, 2.45) is 7.05 Å². The maximum absolute atomic E-state index is 12.2. The standard InChI is InChI=1S/C18H19ClN4O3/c1-4-12-6-5-7-15(23-18(25)22(3)20-21-23)13(12)10-26-17-9-14(19)16(24)8-11(17)2/h5-9,24H,4,10H2,1-3H3. The van der Waals surface area contributed by atoms with E-state index >= 15 is 0 Å². The molecule has 0 amide bonds. The van der Waals surface area contributed by atoms with E-state index in [1.54, 1.807) is 19.2 Å². The molecule has 3 aromatic rings. The Hall–Kier alpha value is -2.80. The minimum absolute atomic E-state index is 0.0114. The molecule has 0 fully saturated rings. The summed E-state index contributed by atoms with van der Waals surface area (Å²) in [7, 11) is 1.55. The van der Waals surface area contributed by atoms with Crippen LogP contribution in [0.25, 0.3) is 5.69 Å². The lowest BCUT2D eigenvalue weighted by molar-refractivity contribution is 0.301. The normalized spacial score (nSPS) is 10.9. The fourth-order valence-electron chi connectivity index (χ4n) is 2.74. The van der Waals surface area contributed by atoms with E-state index in [4.69, 9.17) is 16.3 Å². The number of hydrogen-bond acceptors (Lipinski definition) is 5. The average Bonchev–Trinajstić information content (AvgIpc) is 2.95. The van der Waals surface area contributed by atoms with Crippen molar-refractivity contribution in [1.82, 2.24) is 19.8 Å². The average molecular weight is 375 g/mol. The quantitative estimate of drug-likeness (QED) is 0.742. The van der Waals surface area contributed by atoms with Crippen LogP contribution in [0.15, 0.2) is 35.1 Å². The first-order valence-corrected chi connectivity index (χ1v) is 8.52. The van der Waals surface area contributed by atoms with E-state index in [2.05, 4.69) is 10.4 Å². The van der Waals surface area contributed by atoms with Gasteiger partial charge < -0.3 is 9.84 Å². The van der Waals surface area contributed by atoms with Crippen molar-refractivity contribution < 1.29 is 9.84 Å². The van der Waals surface area contributed by atoms with Crippen LogP contribution in [0.5, 0.6) is 11.5 Å². The number of ether oxygens (including phenoxy) is 1. The minimum atomic E-state index is -0.330. The zero-order valence-corrected chi connectivity index (χ0v) is 15.5. The van der Waals surface area contributed by atoms with Gasteiger partial charge in [0.25, 0.3) is 0 Å². The zero-order chi connectivity index (χ0) is 18.8. The molecule has 26 heavy (non-hydrogen) atoms. The second kappa shape index (κ2) is 7.21. The minimum Gasteiger partial charge on any atom is -0.506 e. The summed E-state index contributed by atoms with van der Waals surface area (Å²) < 4.78 is 8.38. The summed E-state index contributed by atoms with van der Waals surface area (Å²) in [4.78, 5) is 12.2. The Morgan fingerprint density at radius 2 is 2.04 bits per heavy atom. The summed E-state index contributed by atoms with van der Waals surface area (Å²) in [6.45, 7) is 4.08. The fraction of sp³-hybridized carbons (Fsp3) is 0.278. The van der Waals surface area contributed by atoms with Crippen molar-refractivity contribution in [3.05, 3.63) is 62.5 Å². The fourth-order valence-corrected chi connectivity index (χ4v) is 2.89. The maximum Gasteiger partial charge on any atom is 0.368 e. The number of tetrazole rings is 1. The van der Waals surface area contributed by atoms with Gasteiger partial charge in [0.2, 0.25) is 0 Å². The smallest absolute Gasteiger partial charge is 0.368 e. The van der Waals surface area contributed by atoms with E-state index < -0.39 is 0 Å². The number of phenols is 1. The molecule has 1 N–H and O–H groups in total. The number of aryl methyl sites for hydroxylation is 3. The Kier molecular flexibility index (Phi) is 4.99. The second-order valence-electron chi connectivity index (χ2n) is 5.92. The van der Waals surface area contributed by atoms with Gasteiger partial charge in [-0.2, -0.15) is 9.36 Å². The monoisotopic (exact) mass is 374 g/mol. The number of nitrogens with zero attached hydrogens (tertiary/aromatic N) is 4. The highest BCUT2D eigenvalue weighted by atomic mass is 35.5. The van der Waals surface area contributed by atoms with Crippen LogP contribution in [-0.2, 0) is 20.1 Å². The van der Waals surface area contributed by atoms with Gasteiger partial charge >= 0.3 is 5.69 Å². The van der Waals surface area contributed by atoms with Crippen molar-refractivity contribution in [3.63, 3.8) is 0 Å². The summed E-state index contributed by atoms with van der Waals surface area (Å²) in [5.41, 5.74) is 2.95. The Balaban J connectivity index is 2.01. The van der Waals surface area contributed by atoms with Gasteiger partial charge in [0.05, 0.1) is 10.7 Å². The molecule has 136 valence electrons. The van der Waals surface area contributed by atoms with Crippen LogP contribution < -0.4 is 10.4 Å². The highest BCUT2D eigenvalue weighted by molar-refractivity contribution is 6.32. The molecular formula is C18H19ClN4O3. The van der Waals surface area contributed by atoms with Crippen LogP contribution in [0.4, 0.5) is 0 Å². The van der Waals surface area contributed by atoms with Gasteiger partial charge in [-0.15, -0.1) is 0 Å². The maximum atomic E-state index is 12.2. The van der Waals surface area contributed by atoms with E-state index in [-0.39, 0.29) is 23.1 Å². The lowest BCUT2D eigenvalue weighted by atomic mass is 10.0. The van der Waals surface area contributed by atoms with Crippen LogP contribution in [0.1, 0.15) is 23.6 Å². The molecule has 0 unspecified atom stereocenters. The molecule has 2 aromatic carbocycles. The van der Waals surface area contributed by atoms with Crippen LogP contribution in [0, 0.1) is 6.92 Å². The van der Waals surface area contributed by atoms with Crippen LogP contribution in [0.2, 0.25) is 5.02 Å². The van der Waals surface area contributed by atoms with Crippen LogP contribution in [0.3, 0.4) is 0 Å². The summed E-state index contributed by atoms with van der Waals surface area (Å²) in [5.74, 6) is 0.577. The van der Waals surface area contributed by atoms with E-state index in [1.807, 2.05) is 32.0 Å². The molecule has 8 heteroatoms. The largest absolute Gasteiger partial charge is 0.506 e. The third kappa shape index (κ3) is 3.30. The zero-order valence-electron chi connectivity index (χ0n) is 14.7. The molecule has 0 aliphatic carbocycles.